The minimum atomic E-state index is -0.114. The van der Waals surface area contributed by atoms with E-state index in [1.807, 2.05) is 28.7 Å². The minimum Gasteiger partial charge on any atom is -0.301 e. The highest BCUT2D eigenvalue weighted by Crippen LogP contribution is 2.39. The molecule has 1 aliphatic carbocycles. The van der Waals surface area contributed by atoms with E-state index in [2.05, 4.69) is 32.4 Å². The first-order chi connectivity index (χ1) is 15.2. The summed E-state index contributed by atoms with van der Waals surface area (Å²) in [5.74, 6) is 0.833. The van der Waals surface area contributed by atoms with Gasteiger partial charge in [-0.1, -0.05) is 42.2 Å². The van der Waals surface area contributed by atoms with Crippen LogP contribution in [0.3, 0.4) is 0 Å². The molecule has 1 atom stereocenters. The number of rotatable bonds is 4. The quantitative estimate of drug-likeness (QED) is 0.383. The van der Waals surface area contributed by atoms with Gasteiger partial charge in [-0.05, 0) is 42.9 Å². The Hall–Kier alpha value is -2.56. The van der Waals surface area contributed by atoms with Crippen molar-refractivity contribution in [3.05, 3.63) is 41.0 Å². The highest BCUT2D eigenvalue weighted by molar-refractivity contribution is 7.99. The fraction of sp³-hybridized carbons (Fsp3) is 0.286. The topological polar surface area (TPSA) is 85.1 Å². The third-order valence-electron chi connectivity index (χ3n) is 5.54. The number of nitrogens with one attached hydrogen (secondary N) is 1. The lowest BCUT2D eigenvalue weighted by molar-refractivity contribution is -0.113. The maximum absolute atomic E-state index is 12.5. The Morgan fingerprint density at radius 2 is 2.19 bits per heavy atom. The summed E-state index contributed by atoms with van der Waals surface area (Å²) in [7, 11) is 0. The lowest BCUT2D eigenvalue weighted by atomic mass is 9.89. The molecule has 0 radical (unpaired) electrons. The molecule has 1 unspecified atom stereocenters. The number of para-hydroxylation sites is 1. The van der Waals surface area contributed by atoms with Gasteiger partial charge in [0.05, 0.1) is 21.4 Å². The van der Waals surface area contributed by atoms with Crippen molar-refractivity contribution in [1.82, 2.24) is 24.6 Å². The van der Waals surface area contributed by atoms with E-state index >= 15 is 0 Å². The number of nitrogens with zero attached hydrogens (tertiary/aromatic N) is 5. The first-order valence-corrected chi connectivity index (χ1v) is 12.7. The molecule has 1 N–H and O–H groups in total. The Morgan fingerprint density at radius 3 is 3.10 bits per heavy atom. The molecule has 4 aromatic heterocycles. The summed E-state index contributed by atoms with van der Waals surface area (Å²) in [6.45, 7) is 2.31. The van der Waals surface area contributed by atoms with Gasteiger partial charge in [-0.2, -0.15) is 0 Å². The van der Waals surface area contributed by atoms with Gasteiger partial charge in [-0.25, -0.2) is 9.97 Å². The Kier molecular flexibility index (Phi) is 4.66. The van der Waals surface area contributed by atoms with Crippen LogP contribution >= 0.6 is 34.4 Å². The highest BCUT2D eigenvalue weighted by atomic mass is 32.2. The number of benzene rings is 1. The maximum Gasteiger partial charge on any atom is 0.236 e. The van der Waals surface area contributed by atoms with E-state index in [-0.39, 0.29) is 11.7 Å². The first-order valence-electron chi connectivity index (χ1n) is 10.1. The highest BCUT2D eigenvalue weighted by Gasteiger charge is 2.24. The Balaban J connectivity index is 1.23. The normalized spacial score (nSPS) is 16.2. The van der Waals surface area contributed by atoms with E-state index in [0.29, 0.717) is 10.3 Å². The molecule has 0 saturated carbocycles. The SMILES string of the molecule is CC1CCc2c(sc3ncn4c(SCC(=O)Nc5nc6ccccc6s5)nnc4c23)C1. The molecule has 0 saturated heterocycles. The number of hydrogen-bond acceptors (Lipinski definition) is 8. The van der Waals surface area contributed by atoms with Crippen LogP contribution in [0.25, 0.3) is 26.1 Å². The van der Waals surface area contributed by atoms with Gasteiger partial charge in [0.1, 0.15) is 11.2 Å². The van der Waals surface area contributed by atoms with Crippen molar-refractivity contribution in [1.29, 1.82) is 0 Å². The number of thiazole rings is 1. The first kappa shape index (κ1) is 19.1. The Labute approximate surface area is 189 Å². The van der Waals surface area contributed by atoms with Crippen LogP contribution in [0.1, 0.15) is 23.8 Å². The summed E-state index contributed by atoms with van der Waals surface area (Å²) >= 11 is 4.61. The average molecular weight is 467 g/mol. The van der Waals surface area contributed by atoms with E-state index in [4.69, 9.17) is 0 Å². The molecule has 31 heavy (non-hydrogen) atoms. The van der Waals surface area contributed by atoms with E-state index in [9.17, 15) is 4.79 Å². The van der Waals surface area contributed by atoms with E-state index in [1.54, 1.807) is 17.7 Å². The Bertz CT molecular complexity index is 1420. The largest absolute Gasteiger partial charge is 0.301 e. The van der Waals surface area contributed by atoms with Crippen LogP contribution in [0.5, 0.6) is 0 Å². The third kappa shape index (κ3) is 3.38. The van der Waals surface area contributed by atoms with Crippen LogP contribution in [-0.2, 0) is 17.6 Å². The van der Waals surface area contributed by atoms with E-state index in [0.717, 1.165) is 44.8 Å². The van der Waals surface area contributed by atoms with Gasteiger partial charge in [0.25, 0.3) is 0 Å². The zero-order chi connectivity index (χ0) is 20.9. The van der Waals surface area contributed by atoms with Crippen LogP contribution in [-0.4, -0.2) is 36.2 Å². The average Bonchev–Trinajstić information content (AvgIpc) is 3.45. The van der Waals surface area contributed by atoms with Gasteiger partial charge in [0.15, 0.2) is 15.9 Å². The number of carbonyl (C=O) groups excluding carboxylic acids is 1. The van der Waals surface area contributed by atoms with Crippen molar-refractivity contribution in [3.63, 3.8) is 0 Å². The van der Waals surface area contributed by atoms with Gasteiger partial charge in [-0.15, -0.1) is 21.5 Å². The number of thiophene rings is 1. The summed E-state index contributed by atoms with van der Waals surface area (Å²) in [4.78, 5) is 24.1. The predicted octanol–water partition coefficient (Wildman–Crippen LogP) is 4.80. The van der Waals surface area contributed by atoms with Gasteiger partial charge < -0.3 is 5.32 Å². The maximum atomic E-state index is 12.5. The molecular weight excluding hydrogens is 448 g/mol. The summed E-state index contributed by atoms with van der Waals surface area (Å²) in [5.41, 5.74) is 3.11. The Morgan fingerprint density at radius 1 is 1.29 bits per heavy atom. The number of hydrogen-bond donors (Lipinski definition) is 1. The summed E-state index contributed by atoms with van der Waals surface area (Å²) in [5, 5.41) is 14.1. The van der Waals surface area contributed by atoms with Crippen molar-refractivity contribution in [3.8, 4) is 0 Å². The van der Waals surface area contributed by atoms with Crippen LogP contribution in [0.15, 0.2) is 35.7 Å². The molecule has 4 heterocycles. The molecule has 1 amide bonds. The van der Waals surface area contributed by atoms with Crippen LogP contribution in [0, 0.1) is 5.92 Å². The minimum absolute atomic E-state index is 0.114. The van der Waals surface area contributed by atoms with Gasteiger partial charge in [-0.3, -0.25) is 9.20 Å². The van der Waals surface area contributed by atoms with Crippen molar-refractivity contribution < 1.29 is 4.79 Å². The van der Waals surface area contributed by atoms with Gasteiger partial charge in [0, 0.05) is 4.88 Å². The molecule has 0 aliphatic heterocycles. The molecule has 10 heteroatoms. The van der Waals surface area contributed by atoms with Crippen LogP contribution in [0.4, 0.5) is 5.13 Å². The standard InChI is InChI=1S/C21H18N6OS3/c1-11-6-7-12-15(8-11)30-19-17(12)18-25-26-21(27(18)10-22-19)29-9-16(28)24-20-23-13-4-2-3-5-14(13)31-20/h2-5,10-11H,6-9H2,1H3,(H,23,24,28). The molecule has 5 aromatic rings. The van der Waals surface area contributed by atoms with Crippen molar-refractivity contribution in [2.75, 3.05) is 11.1 Å². The summed E-state index contributed by atoms with van der Waals surface area (Å²) in [6, 6.07) is 7.85. The lowest BCUT2D eigenvalue weighted by Crippen LogP contribution is -2.14. The van der Waals surface area contributed by atoms with Crippen molar-refractivity contribution in [2.45, 2.75) is 31.3 Å². The number of aryl methyl sites for hydroxylation is 1. The van der Waals surface area contributed by atoms with Crippen molar-refractivity contribution in [2.24, 2.45) is 5.92 Å². The molecule has 156 valence electrons. The van der Waals surface area contributed by atoms with E-state index in [1.165, 1.54) is 40.0 Å². The van der Waals surface area contributed by atoms with Crippen LogP contribution < -0.4 is 5.32 Å². The van der Waals surface area contributed by atoms with Crippen LogP contribution in [0.2, 0.25) is 0 Å². The molecule has 0 spiro atoms. The molecule has 0 bridgehead atoms. The summed E-state index contributed by atoms with van der Waals surface area (Å²) < 4.78 is 2.96. The van der Waals surface area contributed by atoms with E-state index < -0.39 is 0 Å². The fourth-order valence-corrected chi connectivity index (χ4v) is 6.96. The number of aromatic nitrogens is 5. The van der Waals surface area contributed by atoms with Crippen molar-refractivity contribution >= 4 is 71.6 Å². The molecule has 7 nitrogen and oxygen atoms in total. The third-order valence-corrected chi connectivity index (χ3v) is 8.60. The lowest BCUT2D eigenvalue weighted by Gasteiger charge is -2.17. The second kappa shape index (κ2) is 7.54. The molecule has 0 fully saturated rings. The number of anilines is 1. The number of fused-ring (bicyclic) bond motifs is 6. The zero-order valence-corrected chi connectivity index (χ0v) is 19.1. The zero-order valence-electron chi connectivity index (χ0n) is 16.7. The molecule has 1 aliphatic rings. The molecule has 1 aromatic carbocycles. The molecule has 6 rings (SSSR count). The second-order valence-corrected chi connectivity index (χ2v) is 10.8. The van der Waals surface area contributed by atoms with Gasteiger partial charge >= 0.3 is 0 Å². The number of carbonyl (C=O) groups is 1. The smallest absolute Gasteiger partial charge is 0.236 e. The number of thioether (sulfide) groups is 1. The number of amides is 1. The predicted molar refractivity (Wildman–Crippen MR) is 126 cm³/mol. The monoisotopic (exact) mass is 466 g/mol. The second-order valence-electron chi connectivity index (χ2n) is 7.78. The summed E-state index contributed by atoms with van der Waals surface area (Å²) in [6.07, 6.45) is 5.15. The molecular formula is C21H18N6OS3. The van der Waals surface area contributed by atoms with Gasteiger partial charge in [0.2, 0.25) is 5.91 Å². The fourth-order valence-electron chi connectivity index (χ4n) is 4.03.